The largest absolute Gasteiger partial charge is 0.418 e. The number of nitrogens with zero attached hydrogens (tertiary/aromatic N) is 3. The van der Waals surface area contributed by atoms with Crippen LogP contribution in [0.4, 0.5) is 13.2 Å². The summed E-state index contributed by atoms with van der Waals surface area (Å²) in [5.74, 6) is 0.0208. The van der Waals surface area contributed by atoms with Crippen molar-refractivity contribution in [3.8, 4) is 17.1 Å². The molecule has 0 aliphatic heterocycles. The van der Waals surface area contributed by atoms with Gasteiger partial charge in [0.15, 0.2) is 0 Å². The molecule has 10 heteroatoms. The van der Waals surface area contributed by atoms with Crippen molar-refractivity contribution in [2.75, 3.05) is 0 Å². The molecule has 3 aromatic heterocycles. The number of fused-ring (bicyclic) bond motifs is 3. The van der Waals surface area contributed by atoms with Crippen molar-refractivity contribution in [3.63, 3.8) is 0 Å². The zero-order chi connectivity index (χ0) is 24.4. The van der Waals surface area contributed by atoms with E-state index in [2.05, 4.69) is 4.98 Å². The Labute approximate surface area is 205 Å². The zero-order valence-electron chi connectivity index (χ0n) is 17.7. The minimum atomic E-state index is -4.69. The molecule has 34 heavy (non-hydrogen) atoms. The maximum absolute atomic E-state index is 13.9. The van der Waals surface area contributed by atoms with Crippen molar-refractivity contribution in [1.29, 1.82) is 0 Å². The van der Waals surface area contributed by atoms with E-state index in [1.54, 1.807) is 6.07 Å². The summed E-state index contributed by atoms with van der Waals surface area (Å²) in [5, 5.41) is 1.15. The van der Waals surface area contributed by atoms with Crippen LogP contribution >= 0.6 is 34.5 Å². The highest BCUT2D eigenvalue weighted by atomic mass is 35.5. The third-order valence-corrected chi connectivity index (χ3v) is 7.22. The molecule has 0 bridgehead atoms. The van der Waals surface area contributed by atoms with Gasteiger partial charge in [-0.25, -0.2) is 9.97 Å². The van der Waals surface area contributed by atoms with Gasteiger partial charge < -0.3 is 0 Å². The number of aryl methyl sites for hydroxylation is 2. The number of thiophene rings is 1. The molecule has 0 N–H and O–H groups in total. The van der Waals surface area contributed by atoms with Crippen molar-refractivity contribution in [2.45, 2.75) is 20.0 Å². The summed E-state index contributed by atoms with van der Waals surface area (Å²) in [6.45, 7) is 3.72. The van der Waals surface area contributed by atoms with Crippen LogP contribution in [0, 0.1) is 13.8 Å². The molecular weight excluding hydrogens is 506 g/mol. The van der Waals surface area contributed by atoms with Crippen LogP contribution in [-0.2, 0) is 6.18 Å². The lowest BCUT2D eigenvalue weighted by atomic mass is 10.1. The molecule has 0 aliphatic carbocycles. The second kappa shape index (κ2) is 8.08. The average Bonchev–Trinajstić information content (AvgIpc) is 3.14. The quantitative estimate of drug-likeness (QED) is 0.241. The van der Waals surface area contributed by atoms with Crippen LogP contribution in [0.5, 0.6) is 0 Å². The van der Waals surface area contributed by atoms with Gasteiger partial charge >= 0.3 is 6.18 Å². The molecule has 0 atom stereocenters. The molecule has 172 valence electrons. The van der Waals surface area contributed by atoms with E-state index < -0.39 is 17.3 Å². The molecule has 0 radical (unpaired) electrons. The van der Waals surface area contributed by atoms with Crippen molar-refractivity contribution in [1.82, 2.24) is 14.5 Å². The summed E-state index contributed by atoms with van der Waals surface area (Å²) in [4.78, 5) is 23.6. The number of hydrogen-bond acceptors (Lipinski definition) is 4. The van der Waals surface area contributed by atoms with E-state index in [1.807, 2.05) is 19.9 Å². The first kappa shape index (κ1) is 22.8. The van der Waals surface area contributed by atoms with E-state index in [0.29, 0.717) is 21.3 Å². The minimum absolute atomic E-state index is 0.0208. The third kappa shape index (κ3) is 3.66. The first-order chi connectivity index (χ1) is 16.1. The highest BCUT2D eigenvalue weighted by Crippen LogP contribution is 2.38. The van der Waals surface area contributed by atoms with E-state index >= 15 is 0 Å². The predicted octanol–water partition coefficient (Wildman–Crippen LogP) is 7.60. The van der Waals surface area contributed by atoms with Crippen LogP contribution in [-0.4, -0.2) is 14.5 Å². The van der Waals surface area contributed by atoms with Crippen molar-refractivity contribution >= 4 is 55.0 Å². The summed E-state index contributed by atoms with van der Waals surface area (Å²) in [6.07, 6.45) is -4.69. The summed E-state index contributed by atoms with van der Waals surface area (Å²) in [7, 11) is 0. The lowest BCUT2D eigenvalue weighted by Gasteiger charge is -2.18. The van der Waals surface area contributed by atoms with Gasteiger partial charge in [-0.3, -0.25) is 9.36 Å². The SMILES string of the molecule is Cc1cc(C)c2c(n1)sc1c(=O)n(-c3ccccc3C(F)(F)F)c(-c3ccc(Cl)c(Cl)c3)nc12. The van der Waals surface area contributed by atoms with Crippen molar-refractivity contribution in [2.24, 2.45) is 0 Å². The van der Waals surface area contributed by atoms with Gasteiger partial charge in [0.05, 0.1) is 26.8 Å². The van der Waals surface area contributed by atoms with Crippen molar-refractivity contribution in [3.05, 3.63) is 85.8 Å². The second-order valence-corrected chi connectivity index (χ2v) is 9.57. The fraction of sp³-hybridized carbons (Fsp3) is 0.125. The van der Waals surface area contributed by atoms with Gasteiger partial charge in [0, 0.05) is 16.6 Å². The van der Waals surface area contributed by atoms with E-state index in [0.717, 1.165) is 33.2 Å². The van der Waals surface area contributed by atoms with Crippen LogP contribution < -0.4 is 5.56 Å². The van der Waals surface area contributed by atoms with Crippen LogP contribution in [0.2, 0.25) is 10.0 Å². The molecule has 0 saturated heterocycles. The number of para-hydroxylation sites is 1. The molecule has 5 aromatic rings. The first-order valence-electron chi connectivity index (χ1n) is 10.0. The fourth-order valence-electron chi connectivity index (χ4n) is 3.99. The van der Waals surface area contributed by atoms with Gasteiger partial charge in [0.2, 0.25) is 0 Å². The maximum Gasteiger partial charge on any atom is 0.418 e. The average molecular weight is 520 g/mol. The van der Waals surface area contributed by atoms with Crippen LogP contribution in [0.15, 0.2) is 53.3 Å². The van der Waals surface area contributed by atoms with Gasteiger partial charge in [-0.15, -0.1) is 11.3 Å². The fourth-order valence-corrected chi connectivity index (χ4v) is 5.45. The Morgan fingerprint density at radius 1 is 0.971 bits per heavy atom. The third-order valence-electron chi connectivity index (χ3n) is 5.42. The molecule has 4 nitrogen and oxygen atoms in total. The standard InChI is InChI=1S/C24H14Cl2F3N3OS/c1-11-9-12(2)30-22-18(11)19-20(34-22)23(33)32(17-6-4-3-5-14(17)24(27,28)29)21(31-19)13-7-8-15(25)16(26)10-13/h3-10H,1-2H3. The normalized spacial score (nSPS) is 12.1. The smallest absolute Gasteiger partial charge is 0.267 e. The van der Waals surface area contributed by atoms with E-state index in [1.165, 1.54) is 30.3 Å². The number of rotatable bonds is 2. The highest BCUT2D eigenvalue weighted by Gasteiger charge is 2.35. The van der Waals surface area contributed by atoms with Gasteiger partial charge in [-0.1, -0.05) is 35.3 Å². The number of benzene rings is 2. The number of halogens is 5. The summed E-state index contributed by atoms with van der Waals surface area (Å²) in [5.41, 5.74) is 0.472. The van der Waals surface area contributed by atoms with Crippen molar-refractivity contribution < 1.29 is 13.2 Å². The van der Waals surface area contributed by atoms with E-state index in [-0.39, 0.29) is 26.3 Å². The Bertz CT molecular complexity index is 1680. The summed E-state index contributed by atoms with van der Waals surface area (Å²) >= 11 is 13.4. The number of aromatic nitrogens is 3. The molecule has 0 spiro atoms. The second-order valence-electron chi connectivity index (χ2n) is 7.76. The van der Waals surface area contributed by atoms with Crippen LogP contribution in [0.3, 0.4) is 0 Å². The Morgan fingerprint density at radius 3 is 2.41 bits per heavy atom. The lowest BCUT2D eigenvalue weighted by Crippen LogP contribution is -2.24. The molecule has 2 aromatic carbocycles. The van der Waals surface area contributed by atoms with E-state index in [4.69, 9.17) is 28.2 Å². The van der Waals surface area contributed by atoms with Gasteiger partial charge in [0.1, 0.15) is 15.4 Å². The molecule has 0 saturated carbocycles. The molecule has 0 fully saturated rings. The van der Waals surface area contributed by atoms with Gasteiger partial charge in [-0.05, 0) is 55.8 Å². The molecule has 0 unspecified atom stereocenters. The molecular formula is C24H14Cl2F3N3OS. The number of alkyl halides is 3. The van der Waals surface area contributed by atoms with Gasteiger partial charge in [0.25, 0.3) is 5.56 Å². The van der Waals surface area contributed by atoms with Crippen LogP contribution in [0.1, 0.15) is 16.8 Å². The molecule has 0 amide bonds. The Kier molecular flexibility index (Phi) is 5.42. The first-order valence-corrected chi connectivity index (χ1v) is 11.6. The zero-order valence-corrected chi connectivity index (χ0v) is 20.0. The maximum atomic E-state index is 13.9. The Hall–Kier alpha value is -2.94. The minimum Gasteiger partial charge on any atom is -0.267 e. The lowest BCUT2D eigenvalue weighted by molar-refractivity contribution is -0.137. The van der Waals surface area contributed by atoms with Crippen LogP contribution in [0.25, 0.3) is 37.5 Å². The molecule has 5 rings (SSSR count). The monoisotopic (exact) mass is 519 g/mol. The summed E-state index contributed by atoms with van der Waals surface area (Å²) in [6, 6.07) is 11.3. The number of pyridine rings is 1. The molecule has 3 heterocycles. The predicted molar refractivity (Wildman–Crippen MR) is 130 cm³/mol. The highest BCUT2D eigenvalue weighted by molar-refractivity contribution is 7.25. The Morgan fingerprint density at radius 2 is 1.71 bits per heavy atom. The topological polar surface area (TPSA) is 47.8 Å². The number of hydrogen-bond donors (Lipinski definition) is 0. The Balaban J connectivity index is 1.98. The molecule has 0 aliphatic rings. The van der Waals surface area contributed by atoms with Gasteiger partial charge in [-0.2, -0.15) is 13.2 Å². The van der Waals surface area contributed by atoms with E-state index in [9.17, 15) is 18.0 Å². The summed E-state index contributed by atoms with van der Waals surface area (Å²) < 4.78 is 42.9.